The molecule has 1 aromatic heterocycles. The Kier molecular flexibility index (Phi) is 6.62. The molecule has 182 valence electrons. The fourth-order valence-electron chi connectivity index (χ4n) is 7.66. The van der Waals surface area contributed by atoms with E-state index in [1.807, 2.05) is 5.38 Å². The number of hydrogen-bond acceptors (Lipinski definition) is 6. The van der Waals surface area contributed by atoms with E-state index < -0.39 is 0 Å². The predicted octanol–water partition coefficient (Wildman–Crippen LogP) is 6.37. The van der Waals surface area contributed by atoms with Crippen LogP contribution in [0.3, 0.4) is 0 Å². The Balaban J connectivity index is 1.27. The van der Waals surface area contributed by atoms with E-state index in [-0.39, 0.29) is 17.1 Å². The Morgan fingerprint density at radius 3 is 2.73 bits per heavy atom. The van der Waals surface area contributed by atoms with E-state index in [2.05, 4.69) is 20.4 Å². The van der Waals surface area contributed by atoms with Crippen LogP contribution < -0.4 is 9.47 Å². The molecule has 1 unspecified atom stereocenters. The highest BCUT2D eigenvalue weighted by atomic mass is 32.1. The van der Waals surface area contributed by atoms with Gasteiger partial charge in [0.2, 0.25) is 0 Å². The second kappa shape index (κ2) is 9.35. The molecule has 0 radical (unpaired) electrons. The molecule has 1 saturated heterocycles. The van der Waals surface area contributed by atoms with Crippen LogP contribution in [0.25, 0.3) is 0 Å². The number of fused-ring (bicyclic) bond motifs is 3. The maximum Gasteiger partial charge on any atom is 0.298 e. The lowest BCUT2D eigenvalue weighted by atomic mass is 9.46. The minimum Gasteiger partial charge on any atom is -0.489 e. The zero-order valence-electron chi connectivity index (χ0n) is 20.1. The van der Waals surface area contributed by atoms with Crippen molar-refractivity contribution in [2.45, 2.75) is 84.0 Å². The van der Waals surface area contributed by atoms with E-state index in [1.165, 1.54) is 49.0 Å². The lowest BCUT2D eigenvalue weighted by molar-refractivity contribution is -0.316. The Labute approximate surface area is 201 Å². The van der Waals surface area contributed by atoms with Gasteiger partial charge in [0, 0.05) is 22.1 Å². The minimum atomic E-state index is 0.00563. The molecule has 6 atom stereocenters. The third kappa shape index (κ3) is 4.17. The first-order valence-corrected chi connectivity index (χ1v) is 13.6. The van der Waals surface area contributed by atoms with Gasteiger partial charge >= 0.3 is 0 Å². The third-order valence-electron chi connectivity index (χ3n) is 9.39. The molecule has 1 aromatic rings. The normalized spacial score (nSPS) is 39.0. The summed E-state index contributed by atoms with van der Waals surface area (Å²) in [4.78, 5) is 10.7. The van der Waals surface area contributed by atoms with Crippen LogP contribution in [0.4, 0.5) is 0 Å². The molecule has 33 heavy (non-hydrogen) atoms. The lowest BCUT2D eigenvalue weighted by Crippen LogP contribution is -2.62. The maximum atomic E-state index is 10.7. The largest absolute Gasteiger partial charge is 0.489 e. The molecule has 3 aliphatic carbocycles. The smallest absolute Gasteiger partial charge is 0.298 e. The summed E-state index contributed by atoms with van der Waals surface area (Å²) in [6.07, 6.45) is 10.9. The zero-order valence-corrected chi connectivity index (χ0v) is 20.9. The standard InChI is InChI=1S/C27H38O5S/c1-18-8-9-23-26(2,20(18)11-13-29-21-14-33-15-22(21)31-17-28)12-10-24-27(23,3)16-30-25(32-24)19-6-4-5-7-19/h14-15,17,19-20,23-25H,1,4-13,16H2,2-3H3/t20-,23?,24-,25-,26+,27+/m1/s1. The maximum absolute atomic E-state index is 10.7. The summed E-state index contributed by atoms with van der Waals surface area (Å²) in [5, 5.41) is 3.69. The molecule has 5 rings (SSSR count). The van der Waals surface area contributed by atoms with Gasteiger partial charge in [0.25, 0.3) is 6.47 Å². The van der Waals surface area contributed by atoms with Crippen molar-refractivity contribution >= 4 is 17.8 Å². The van der Waals surface area contributed by atoms with Gasteiger partial charge < -0.3 is 18.9 Å². The molecule has 5 nitrogen and oxygen atoms in total. The van der Waals surface area contributed by atoms with E-state index >= 15 is 0 Å². The molecule has 0 bridgehead atoms. The molecule has 0 spiro atoms. The van der Waals surface area contributed by atoms with Gasteiger partial charge in [-0.1, -0.05) is 38.8 Å². The summed E-state index contributed by atoms with van der Waals surface area (Å²) in [5.41, 5.74) is 1.59. The molecular weight excluding hydrogens is 436 g/mol. The van der Waals surface area contributed by atoms with Crippen LogP contribution in [0.1, 0.15) is 71.6 Å². The molecule has 0 N–H and O–H groups in total. The average Bonchev–Trinajstić information content (AvgIpc) is 3.48. The van der Waals surface area contributed by atoms with Gasteiger partial charge in [-0.05, 0) is 62.2 Å². The van der Waals surface area contributed by atoms with Crippen molar-refractivity contribution in [1.29, 1.82) is 0 Å². The van der Waals surface area contributed by atoms with Crippen molar-refractivity contribution in [3.05, 3.63) is 22.9 Å². The van der Waals surface area contributed by atoms with E-state index in [0.717, 1.165) is 32.3 Å². The van der Waals surface area contributed by atoms with Gasteiger partial charge in [-0.15, -0.1) is 11.3 Å². The van der Waals surface area contributed by atoms with Crippen molar-refractivity contribution in [3.8, 4) is 11.5 Å². The first-order chi connectivity index (χ1) is 16.0. The predicted molar refractivity (Wildman–Crippen MR) is 128 cm³/mol. The fraction of sp³-hybridized carbons (Fsp3) is 0.741. The van der Waals surface area contributed by atoms with Crippen molar-refractivity contribution < 1.29 is 23.7 Å². The molecule has 2 heterocycles. The molecule has 4 aliphatic rings. The van der Waals surface area contributed by atoms with Gasteiger partial charge in [0.15, 0.2) is 17.8 Å². The highest BCUT2D eigenvalue weighted by molar-refractivity contribution is 7.08. The molecule has 0 amide bonds. The van der Waals surface area contributed by atoms with E-state index in [1.54, 1.807) is 5.38 Å². The number of rotatable bonds is 7. The fourth-order valence-corrected chi connectivity index (χ4v) is 8.34. The molecule has 0 aromatic carbocycles. The Bertz CT molecular complexity index is 860. The summed E-state index contributed by atoms with van der Waals surface area (Å²) in [6, 6.07) is 0. The number of carbonyl (C=O) groups is 1. The van der Waals surface area contributed by atoms with Crippen molar-refractivity contribution in [1.82, 2.24) is 0 Å². The summed E-state index contributed by atoms with van der Waals surface area (Å²) < 4.78 is 24.2. The first kappa shape index (κ1) is 23.4. The van der Waals surface area contributed by atoms with E-state index in [9.17, 15) is 4.79 Å². The zero-order chi connectivity index (χ0) is 23.1. The number of allylic oxidation sites excluding steroid dienone is 1. The molecule has 6 heteroatoms. The van der Waals surface area contributed by atoms with Gasteiger partial charge in [-0.2, -0.15) is 0 Å². The lowest BCUT2D eigenvalue weighted by Gasteiger charge is -2.63. The first-order valence-electron chi connectivity index (χ1n) is 12.7. The summed E-state index contributed by atoms with van der Waals surface area (Å²) >= 11 is 1.48. The van der Waals surface area contributed by atoms with Crippen LogP contribution >= 0.6 is 11.3 Å². The Hall–Kier alpha value is -1.37. The van der Waals surface area contributed by atoms with Crippen molar-refractivity contribution in [2.75, 3.05) is 13.2 Å². The molecule has 4 fully saturated rings. The van der Waals surface area contributed by atoms with Crippen LogP contribution in [-0.2, 0) is 14.3 Å². The van der Waals surface area contributed by atoms with Gasteiger partial charge in [0.1, 0.15) is 0 Å². The molecule has 1 aliphatic heterocycles. The monoisotopic (exact) mass is 474 g/mol. The van der Waals surface area contributed by atoms with E-state index in [0.29, 0.717) is 48.4 Å². The quantitative estimate of drug-likeness (QED) is 0.339. The van der Waals surface area contributed by atoms with Crippen LogP contribution in [0.2, 0.25) is 0 Å². The highest BCUT2D eigenvalue weighted by Gasteiger charge is 2.60. The van der Waals surface area contributed by atoms with Gasteiger partial charge in [-0.3, -0.25) is 4.79 Å². The molecular formula is C27H38O5S. The van der Waals surface area contributed by atoms with Crippen molar-refractivity contribution in [2.24, 2.45) is 28.6 Å². The average molecular weight is 475 g/mol. The second-order valence-corrected chi connectivity index (χ2v) is 11.9. The number of ether oxygens (including phenoxy) is 4. The van der Waals surface area contributed by atoms with E-state index in [4.69, 9.17) is 18.9 Å². The van der Waals surface area contributed by atoms with Gasteiger partial charge in [-0.25, -0.2) is 0 Å². The Morgan fingerprint density at radius 2 is 1.94 bits per heavy atom. The Morgan fingerprint density at radius 1 is 1.15 bits per heavy atom. The number of carbonyl (C=O) groups excluding carboxylic acids is 1. The molecule has 3 saturated carbocycles. The number of hydrogen-bond donors (Lipinski definition) is 0. The second-order valence-electron chi connectivity index (χ2n) is 11.2. The van der Waals surface area contributed by atoms with Crippen LogP contribution in [-0.4, -0.2) is 32.1 Å². The minimum absolute atomic E-state index is 0.00563. The third-order valence-corrected chi connectivity index (χ3v) is 10.1. The number of thiophene rings is 1. The topological polar surface area (TPSA) is 54.0 Å². The summed E-state index contributed by atoms with van der Waals surface area (Å²) in [5.74, 6) is 2.71. The highest BCUT2D eigenvalue weighted by Crippen LogP contribution is 2.63. The van der Waals surface area contributed by atoms with Crippen molar-refractivity contribution in [3.63, 3.8) is 0 Å². The van der Waals surface area contributed by atoms with Crippen LogP contribution in [0.5, 0.6) is 11.5 Å². The summed E-state index contributed by atoms with van der Waals surface area (Å²) in [6.45, 7) is 11.3. The van der Waals surface area contributed by atoms with Crippen LogP contribution in [0, 0.1) is 28.6 Å². The summed E-state index contributed by atoms with van der Waals surface area (Å²) in [7, 11) is 0. The SMILES string of the molecule is C=C1CCC2[C@]3(C)CO[C@@H](C4CCCC4)O[C@@H]3CC[C@@]2(C)[C@@H]1CCOc1cscc1OC=O. The van der Waals surface area contributed by atoms with Gasteiger partial charge in [0.05, 0.1) is 19.3 Å². The van der Waals surface area contributed by atoms with Crippen LogP contribution in [0.15, 0.2) is 22.9 Å².